The zero-order chi connectivity index (χ0) is 20.0. The summed E-state index contributed by atoms with van der Waals surface area (Å²) in [5.74, 6) is 4.21. The molecule has 0 aromatic carbocycles. The lowest BCUT2D eigenvalue weighted by Crippen LogP contribution is -2.26. The van der Waals surface area contributed by atoms with Crippen LogP contribution in [-0.4, -0.2) is 32.8 Å². The van der Waals surface area contributed by atoms with Gasteiger partial charge in [0.2, 0.25) is 0 Å². The molecule has 5 nitrogen and oxygen atoms in total. The van der Waals surface area contributed by atoms with Crippen LogP contribution >= 0.6 is 11.3 Å². The molecule has 0 atom stereocenters. The van der Waals surface area contributed by atoms with Crippen LogP contribution in [0, 0.1) is 18.8 Å². The van der Waals surface area contributed by atoms with Crippen molar-refractivity contribution in [2.75, 3.05) is 5.32 Å². The van der Waals surface area contributed by atoms with Crippen LogP contribution in [-0.2, 0) is 4.79 Å². The first kappa shape index (κ1) is 21.4. The smallest absolute Gasteiger partial charge is 0.475 e. The normalized spacial score (nSPS) is 10.9. The number of carboxylic acids is 1. The summed E-state index contributed by atoms with van der Waals surface area (Å²) in [4.78, 5) is 17.5. The zero-order valence-corrected chi connectivity index (χ0v) is 15.4. The number of aliphatic carboxylic acids is 1. The Morgan fingerprint density at radius 3 is 2.23 bits per heavy atom. The predicted molar refractivity (Wildman–Crippen MR) is 94.1 cm³/mol. The summed E-state index contributed by atoms with van der Waals surface area (Å²) in [6.07, 6.45) is -3.31. The van der Waals surface area contributed by atoms with E-state index in [1.165, 1.54) is 0 Å². The van der Waals surface area contributed by atoms with E-state index < -0.39 is 12.1 Å². The Bertz CT molecular complexity index is 798. The second-order valence-corrected chi connectivity index (χ2v) is 7.17. The first-order valence-corrected chi connectivity index (χ1v) is 8.23. The molecule has 0 saturated heterocycles. The van der Waals surface area contributed by atoms with Gasteiger partial charge in [-0.2, -0.15) is 13.2 Å². The lowest BCUT2D eigenvalue weighted by molar-refractivity contribution is -0.192. The van der Waals surface area contributed by atoms with Gasteiger partial charge in [-0.1, -0.05) is 5.92 Å². The zero-order valence-electron chi connectivity index (χ0n) is 14.6. The number of pyridine rings is 1. The van der Waals surface area contributed by atoms with E-state index in [9.17, 15) is 13.2 Å². The largest absolute Gasteiger partial charge is 0.490 e. The predicted octanol–water partition coefficient (Wildman–Crippen LogP) is 4.09. The van der Waals surface area contributed by atoms with E-state index in [1.54, 1.807) is 17.5 Å². The number of carbonyl (C=O) groups is 1. The molecule has 2 rings (SSSR count). The molecule has 26 heavy (non-hydrogen) atoms. The number of rotatable bonds is 1. The number of nitrogens with zero attached hydrogens (tertiary/aromatic N) is 2. The van der Waals surface area contributed by atoms with Crippen molar-refractivity contribution in [3.05, 3.63) is 40.0 Å². The minimum atomic E-state index is -5.08. The van der Waals surface area contributed by atoms with Gasteiger partial charge in [0.15, 0.2) is 0 Å². The highest BCUT2D eigenvalue weighted by Gasteiger charge is 2.38. The van der Waals surface area contributed by atoms with E-state index >= 15 is 0 Å². The van der Waals surface area contributed by atoms with Gasteiger partial charge in [-0.3, -0.25) is 0 Å². The number of anilines is 1. The van der Waals surface area contributed by atoms with Crippen LogP contribution < -0.4 is 5.32 Å². The Labute approximate surface area is 153 Å². The van der Waals surface area contributed by atoms with Crippen LogP contribution in [0.4, 0.5) is 19.0 Å². The molecule has 0 aliphatic carbocycles. The maximum Gasteiger partial charge on any atom is 0.490 e. The highest BCUT2D eigenvalue weighted by Crippen LogP contribution is 2.13. The number of aromatic nitrogens is 2. The number of aryl methyl sites for hydroxylation is 1. The summed E-state index contributed by atoms with van der Waals surface area (Å²) in [7, 11) is 0. The van der Waals surface area contributed by atoms with Gasteiger partial charge in [-0.15, -0.1) is 11.3 Å². The first-order valence-electron chi connectivity index (χ1n) is 7.35. The quantitative estimate of drug-likeness (QED) is 0.723. The summed E-state index contributed by atoms with van der Waals surface area (Å²) in [5, 5.41) is 13.4. The maximum atomic E-state index is 10.6. The van der Waals surface area contributed by atoms with Gasteiger partial charge in [-0.25, -0.2) is 14.8 Å². The van der Waals surface area contributed by atoms with Crippen molar-refractivity contribution in [1.29, 1.82) is 0 Å². The number of carboxylic acid groups (broad SMARTS) is 1. The van der Waals surface area contributed by atoms with Crippen molar-refractivity contribution in [3.63, 3.8) is 0 Å². The van der Waals surface area contributed by atoms with Gasteiger partial charge in [0, 0.05) is 22.7 Å². The number of alkyl halides is 3. The highest BCUT2D eigenvalue weighted by atomic mass is 32.1. The average Bonchev–Trinajstić information content (AvgIpc) is 2.90. The van der Waals surface area contributed by atoms with Gasteiger partial charge in [0.25, 0.3) is 0 Å². The maximum absolute atomic E-state index is 10.6. The Balaban J connectivity index is 0.000000412. The molecular formula is C17H18F3N3O2S. The molecule has 9 heteroatoms. The van der Waals surface area contributed by atoms with Crippen molar-refractivity contribution in [1.82, 2.24) is 9.97 Å². The molecule has 2 heterocycles. The molecule has 140 valence electrons. The fraction of sp³-hybridized carbons (Fsp3) is 0.353. The third-order valence-electron chi connectivity index (χ3n) is 2.46. The van der Waals surface area contributed by atoms with E-state index in [1.807, 2.05) is 24.4 Å². The lowest BCUT2D eigenvalue weighted by Gasteiger charge is -2.20. The summed E-state index contributed by atoms with van der Waals surface area (Å²) < 4.78 is 31.7. The van der Waals surface area contributed by atoms with Gasteiger partial charge in [-0.05, 0) is 45.7 Å². The van der Waals surface area contributed by atoms with Crippen LogP contribution in [0.15, 0.2) is 23.7 Å². The third-order valence-corrected chi connectivity index (χ3v) is 3.24. The molecule has 0 aliphatic rings. The van der Waals surface area contributed by atoms with Gasteiger partial charge in [0.1, 0.15) is 11.5 Å². The number of hydrogen-bond acceptors (Lipinski definition) is 5. The lowest BCUT2D eigenvalue weighted by atomic mass is 10.1. The van der Waals surface area contributed by atoms with E-state index in [-0.39, 0.29) is 5.54 Å². The fourth-order valence-corrected chi connectivity index (χ4v) is 2.03. The van der Waals surface area contributed by atoms with Crippen LogP contribution in [0.2, 0.25) is 0 Å². The van der Waals surface area contributed by atoms with Gasteiger partial charge >= 0.3 is 12.1 Å². The summed E-state index contributed by atoms with van der Waals surface area (Å²) in [6, 6.07) is 3.91. The first-order chi connectivity index (χ1) is 11.9. The summed E-state index contributed by atoms with van der Waals surface area (Å²) >= 11 is 1.61. The molecule has 0 aliphatic heterocycles. The minimum Gasteiger partial charge on any atom is -0.475 e. The number of thiazole rings is 1. The Kier molecular flexibility index (Phi) is 7.15. The van der Waals surface area contributed by atoms with Crippen LogP contribution in [0.5, 0.6) is 0 Å². The molecule has 2 N–H and O–H groups in total. The average molecular weight is 385 g/mol. The molecule has 0 amide bonds. The van der Waals surface area contributed by atoms with E-state index in [4.69, 9.17) is 9.90 Å². The van der Waals surface area contributed by atoms with Crippen molar-refractivity contribution >= 4 is 23.1 Å². The second-order valence-electron chi connectivity index (χ2n) is 6.11. The molecule has 0 bridgehead atoms. The van der Waals surface area contributed by atoms with E-state index in [0.717, 1.165) is 22.1 Å². The number of hydrogen-bond donors (Lipinski definition) is 2. The van der Waals surface area contributed by atoms with Crippen molar-refractivity contribution in [2.24, 2.45) is 0 Å². The molecule has 2 aromatic rings. The molecule has 2 aromatic heterocycles. The molecular weight excluding hydrogens is 367 g/mol. The summed E-state index contributed by atoms with van der Waals surface area (Å²) in [5.41, 5.74) is 1.72. The fourth-order valence-electron chi connectivity index (χ4n) is 1.48. The van der Waals surface area contributed by atoms with E-state index in [2.05, 4.69) is 47.9 Å². The SMILES string of the molecule is Cc1nc(C#Cc2ccc(NC(C)(C)C)nc2)cs1.O=C(O)C(F)(F)F. The number of halogens is 3. The Hall–Kier alpha value is -2.60. The van der Waals surface area contributed by atoms with Crippen LogP contribution in [0.1, 0.15) is 37.0 Å². The van der Waals surface area contributed by atoms with Gasteiger partial charge in [0.05, 0.1) is 5.01 Å². The minimum absolute atomic E-state index is 0.0122. The monoisotopic (exact) mass is 385 g/mol. The van der Waals surface area contributed by atoms with Crippen molar-refractivity contribution in [3.8, 4) is 11.8 Å². The van der Waals surface area contributed by atoms with Gasteiger partial charge < -0.3 is 10.4 Å². The van der Waals surface area contributed by atoms with Crippen LogP contribution in [0.3, 0.4) is 0 Å². The standard InChI is InChI=1S/C15H17N3S.C2HF3O2/c1-11-17-13(10-19-11)7-5-12-6-8-14(16-9-12)18-15(2,3)4;3-2(4,5)1(6)7/h6,8-10H,1-4H3,(H,16,18);(H,6,7). The molecule has 0 unspecified atom stereocenters. The second kappa shape index (κ2) is 8.67. The van der Waals surface area contributed by atoms with Crippen molar-refractivity contribution in [2.45, 2.75) is 39.4 Å². The van der Waals surface area contributed by atoms with Crippen molar-refractivity contribution < 1.29 is 23.1 Å². The molecule has 0 radical (unpaired) electrons. The molecule has 0 spiro atoms. The third kappa shape index (κ3) is 8.48. The topological polar surface area (TPSA) is 75.1 Å². The Morgan fingerprint density at radius 2 is 1.85 bits per heavy atom. The summed E-state index contributed by atoms with van der Waals surface area (Å²) in [6.45, 7) is 8.29. The van der Waals surface area contributed by atoms with Crippen LogP contribution in [0.25, 0.3) is 0 Å². The molecule has 0 saturated carbocycles. The number of nitrogens with one attached hydrogen (secondary N) is 1. The molecule has 0 fully saturated rings. The highest BCUT2D eigenvalue weighted by molar-refractivity contribution is 7.09. The Morgan fingerprint density at radius 1 is 1.23 bits per heavy atom. The van der Waals surface area contributed by atoms with E-state index in [0.29, 0.717) is 0 Å².